The summed E-state index contributed by atoms with van der Waals surface area (Å²) in [6, 6.07) is 4.48. The second-order valence-electron chi connectivity index (χ2n) is 18.2. The van der Waals surface area contributed by atoms with Crippen molar-refractivity contribution in [1.82, 2.24) is 19.6 Å². The lowest BCUT2D eigenvalue weighted by molar-refractivity contribution is -0.160. The molecule has 2 amide bonds. The number of esters is 1. The van der Waals surface area contributed by atoms with Crippen molar-refractivity contribution in [2.75, 3.05) is 13.7 Å². The van der Waals surface area contributed by atoms with E-state index in [1.165, 1.54) is 0 Å². The van der Waals surface area contributed by atoms with E-state index in [1.54, 1.807) is 38.8 Å². The van der Waals surface area contributed by atoms with Crippen molar-refractivity contribution < 1.29 is 41.8 Å². The molecule has 0 radical (unpaired) electrons. The molecule has 2 aliphatic heterocycles. The van der Waals surface area contributed by atoms with Crippen molar-refractivity contribution in [3.05, 3.63) is 36.0 Å². The van der Waals surface area contributed by atoms with E-state index in [0.29, 0.717) is 54.8 Å². The fraction of sp³-hybridized carbons (Fsp3) is 0.674. The average Bonchev–Trinajstić information content (AvgIpc) is 4.04. The van der Waals surface area contributed by atoms with Crippen LogP contribution in [-0.2, 0) is 33.9 Å². The zero-order valence-electron chi connectivity index (χ0n) is 34.1. The fourth-order valence-corrected chi connectivity index (χ4v) is 10.2. The Morgan fingerprint density at radius 1 is 1.04 bits per heavy atom. The zero-order chi connectivity index (χ0) is 40.9. The van der Waals surface area contributed by atoms with E-state index < -0.39 is 56.2 Å². The van der Waals surface area contributed by atoms with E-state index in [-0.39, 0.29) is 61.2 Å². The number of allylic oxidation sites excluding steroid dienone is 2. The summed E-state index contributed by atoms with van der Waals surface area (Å²) in [6.45, 7) is 9.62. The molecule has 2 aromatic rings. The van der Waals surface area contributed by atoms with Crippen molar-refractivity contribution in [1.29, 1.82) is 0 Å². The minimum atomic E-state index is -3.86. The van der Waals surface area contributed by atoms with E-state index >= 15 is 4.79 Å². The Balaban J connectivity index is 1.24. The van der Waals surface area contributed by atoms with Gasteiger partial charge in [-0.05, 0) is 102 Å². The number of aromatic nitrogens is 2. The minimum absolute atomic E-state index is 0.0665. The van der Waals surface area contributed by atoms with Crippen LogP contribution in [-0.4, -0.2) is 83.5 Å². The van der Waals surface area contributed by atoms with Crippen LogP contribution >= 0.6 is 0 Å². The summed E-state index contributed by atoms with van der Waals surface area (Å²) in [7, 11) is -2.26. The fourth-order valence-electron chi connectivity index (χ4n) is 8.83. The molecule has 7 rings (SSSR count). The molecular weight excluding hydrogens is 749 g/mol. The van der Waals surface area contributed by atoms with Gasteiger partial charge < -0.3 is 19.1 Å². The molecule has 3 aliphatic carbocycles. The Hall–Kier alpha value is -4.07. The molecule has 3 saturated carbocycles. The molecule has 7 atom stereocenters. The molecule has 57 heavy (non-hydrogen) atoms. The molecule has 1 saturated heterocycles. The van der Waals surface area contributed by atoms with Crippen LogP contribution in [0.3, 0.4) is 0 Å². The SMILES string of the molecule is CC[C@@H]1C[C@H](C)CC/C=C\[C@@H]2C[C@@]2(C(=O)NS(=O)(=O)C2CC2)CC(=O)[C@@H]2C[C@@H](Oc3nc4ccc(OC)cc4nc3C3CC3)CN2C(=O)[C@H]1CC(=O)OC(C)(C)C. The smallest absolute Gasteiger partial charge is 0.307 e. The lowest BCUT2D eigenvalue weighted by Gasteiger charge is -2.33. The van der Waals surface area contributed by atoms with Crippen LogP contribution in [0.2, 0.25) is 0 Å². The Morgan fingerprint density at radius 3 is 2.46 bits per heavy atom. The zero-order valence-corrected chi connectivity index (χ0v) is 34.9. The Kier molecular flexibility index (Phi) is 11.5. The lowest BCUT2D eigenvalue weighted by atomic mass is 9.79. The first kappa shape index (κ1) is 41.1. The number of hydrogen-bond donors (Lipinski definition) is 1. The first-order chi connectivity index (χ1) is 27.0. The van der Waals surface area contributed by atoms with E-state index in [1.807, 2.05) is 31.2 Å². The monoisotopic (exact) mass is 806 g/mol. The maximum absolute atomic E-state index is 15.1. The quantitative estimate of drug-likeness (QED) is 0.215. The number of ketones is 1. The van der Waals surface area contributed by atoms with Crippen molar-refractivity contribution in [3.8, 4) is 11.6 Å². The number of sulfonamides is 1. The number of ether oxygens (including phenoxy) is 3. The Morgan fingerprint density at radius 2 is 1.79 bits per heavy atom. The van der Waals surface area contributed by atoms with Gasteiger partial charge in [-0.25, -0.2) is 18.4 Å². The molecule has 3 heterocycles. The predicted molar refractivity (Wildman–Crippen MR) is 213 cm³/mol. The number of rotatable bonds is 10. The van der Waals surface area contributed by atoms with E-state index in [9.17, 15) is 22.8 Å². The van der Waals surface area contributed by atoms with E-state index in [4.69, 9.17) is 24.2 Å². The van der Waals surface area contributed by atoms with Crippen LogP contribution in [0.25, 0.3) is 11.0 Å². The van der Waals surface area contributed by atoms with Crippen LogP contribution in [0.5, 0.6) is 11.6 Å². The number of methoxy groups -OCH3 is 1. The molecule has 5 aliphatic rings. The summed E-state index contributed by atoms with van der Waals surface area (Å²) in [4.78, 5) is 68.6. The highest BCUT2D eigenvalue weighted by Crippen LogP contribution is 2.57. The number of hydrogen-bond acceptors (Lipinski definition) is 11. The highest BCUT2D eigenvalue weighted by atomic mass is 32.2. The molecule has 310 valence electrons. The van der Waals surface area contributed by atoms with Gasteiger partial charge in [0.1, 0.15) is 23.1 Å². The molecule has 14 heteroatoms. The molecule has 0 bridgehead atoms. The van der Waals surface area contributed by atoms with Crippen molar-refractivity contribution in [2.45, 2.75) is 141 Å². The average molecular weight is 807 g/mol. The lowest BCUT2D eigenvalue weighted by Crippen LogP contribution is -2.48. The summed E-state index contributed by atoms with van der Waals surface area (Å²) < 4.78 is 46.1. The molecule has 1 N–H and O–H groups in total. The van der Waals surface area contributed by atoms with Crippen LogP contribution < -0.4 is 14.2 Å². The minimum Gasteiger partial charge on any atom is -0.497 e. The number of nitrogens with one attached hydrogen (secondary N) is 1. The Labute approximate surface area is 336 Å². The predicted octanol–water partition coefficient (Wildman–Crippen LogP) is 6.19. The van der Waals surface area contributed by atoms with Gasteiger partial charge in [0.05, 0.1) is 53.7 Å². The normalized spacial score (nSPS) is 30.4. The summed E-state index contributed by atoms with van der Waals surface area (Å²) in [5.74, 6) is -1.61. The summed E-state index contributed by atoms with van der Waals surface area (Å²) in [6.07, 6.45) is 9.24. The number of Topliss-reactive ketones (excluding diaryl/α,β-unsaturated/α-hetero) is 1. The van der Waals surface area contributed by atoms with Crippen LogP contribution in [0.15, 0.2) is 30.4 Å². The van der Waals surface area contributed by atoms with Gasteiger partial charge in [0.25, 0.3) is 0 Å². The van der Waals surface area contributed by atoms with Crippen LogP contribution in [0.4, 0.5) is 0 Å². The molecule has 0 spiro atoms. The van der Waals surface area contributed by atoms with Gasteiger partial charge in [0, 0.05) is 24.8 Å². The van der Waals surface area contributed by atoms with Gasteiger partial charge in [0.15, 0.2) is 5.78 Å². The molecule has 13 nitrogen and oxygen atoms in total. The molecule has 1 aromatic heterocycles. The molecular formula is C43H58N4O9S. The third kappa shape index (κ3) is 9.31. The maximum atomic E-state index is 15.1. The van der Waals surface area contributed by atoms with Gasteiger partial charge in [-0.3, -0.25) is 23.9 Å². The van der Waals surface area contributed by atoms with Gasteiger partial charge in [-0.15, -0.1) is 0 Å². The standard InChI is InChI=1S/C43H58N4O9S/c1-7-26-18-25(2)10-8-9-11-28-22-43(28,41(51)46-57(52,53)31-15-16-31)23-36(48)35-20-30(24-47(35)40(50)32(26)21-37(49)56-42(3,4)5)55-39-38(27-12-13-27)44-34-19-29(54-6)14-17-33(34)45-39/h9,11,14,17,19,25-28,30-32,35H,7-8,10,12-13,15-16,18,20-24H2,1-6H3,(H,46,51)/b11-9-/t25-,26-,28-,30-,32+,35+,43-/m1/s1. The van der Waals surface area contributed by atoms with E-state index in [2.05, 4.69) is 11.6 Å². The van der Waals surface area contributed by atoms with Crippen molar-refractivity contribution >= 4 is 44.6 Å². The molecule has 0 unspecified atom stereocenters. The topological polar surface area (TPSA) is 171 Å². The summed E-state index contributed by atoms with van der Waals surface area (Å²) in [5, 5.41) is -0.597. The number of benzene rings is 1. The first-order valence-electron chi connectivity index (χ1n) is 20.8. The summed E-state index contributed by atoms with van der Waals surface area (Å²) in [5.41, 5.74) is 0.0229. The van der Waals surface area contributed by atoms with Crippen molar-refractivity contribution in [2.24, 2.45) is 29.1 Å². The molecule has 4 fully saturated rings. The molecule has 1 aromatic carbocycles. The van der Waals surface area contributed by atoms with Gasteiger partial charge >= 0.3 is 5.97 Å². The number of fused-ring (bicyclic) bond motifs is 3. The second-order valence-corrected chi connectivity index (χ2v) is 20.2. The second kappa shape index (κ2) is 15.9. The van der Waals surface area contributed by atoms with E-state index in [0.717, 1.165) is 31.4 Å². The first-order valence-corrected chi connectivity index (χ1v) is 22.3. The van der Waals surface area contributed by atoms with Crippen LogP contribution in [0, 0.1) is 29.1 Å². The number of carbonyl (C=O) groups excluding carboxylic acids is 4. The number of carbonyl (C=O) groups is 4. The van der Waals surface area contributed by atoms with Gasteiger partial charge in [0.2, 0.25) is 27.7 Å². The van der Waals surface area contributed by atoms with Crippen molar-refractivity contribution in [3.63, 3.8) is 0 Å². The largest absolute Gasteiger partial charge is 0.497 e. The third-order valence-electron chi connectivity index (χ3n) is 12.4. The van der Waals surface area contributed by atoms with Gasteiger partial charge in [-0.2, -0.15) is 0 Å². The van der Waals surface area contributed by atoms with Gasteiger partial charge in [-0.1, -0.05) is 32.4 Å². The van der Waals surface area contributed by atoms with Crippen LogP contribution in [0.1, 0.15) is 123 Å². The highest BCUT2D eigenvalue weighted by molar-refractivity contribution is 7.90. The third-order valence-corrected chi connectivity index (χ3v) is 14.2. The maximum Gasteiger partial charge on any atom is 0.307 e. The number of nitrogens with zero attached hydrogens (tertiary/aromatic N) is 3. The summed E-state index contributed by atoms with van der Waals surface area (Å²) >= 11 is 0. The number of amides is 2. The Bertz CT molecular complexity index is 2040. The highest BCUT2D eigenvalue weighted by Gasteiger charge is 2.62.